The third-order valence-corrected chi connectivity index (χ3v) is 4.16. The van der Waals surface area contributed by atoms with Crippen LogP contribution >= 0.6 is 0 Å². The van der Waals surface area contributed by atoms with Crippen LogP contribution in [-0.4, -0.2) is 47.2 Å². The Labute approximate surface area is 126 Å². The fraction of sp³-hybridized carbons (Fsp3) is 0.786. The molecule has 118 valence electrons. The van der Waals surface area contributed by atoms with Gasteiger partial charge in [0.25, 0.3) is 0 Å². The van der Waals surface area contributed by atoms with Crippen molar-refractivity contribution in [1.29, 1.82) is 0 Å². The summed E-state index contributed by atoms with van der Waals surface area (Å²) in [5.41, 5.74) is 5.95. The largest absolute Gasteiger partial charge is 0.368 e. The summed E-state index contributed by atoms with van der Waals surface area (Å²) >= 11 is 0. The van der Waals surface area contributed by atoms with E-state index in [-0.39, 0.29) is 17.4 Å². The molecule has 0 radical (unpaired) electrons. The molecule has 0 aliphatic carbocycles. The van der Waals surface area contributed by atoms with E-state index in [1.165, 1.54) is 0 Å². The molecule has 1 saturated heterocycles. The van der Waals surface area contributed by atoms with Crippen LogP contribution in [0.3, 0.4) is 0 Å². The topological polar surface area (TPSA) is 92.0 Å². The van der Waals surface area contributed by atoms with Gasteiger partial charge in [-0.25, -0.2) is 0 Å². The van der Waals surface area contributed by atoms with E-state index in [4.69, 9.17) is 5.73 Å². The van der Waals surface area contributed by atoms with E-state index in [1.807, 2.05) is 7.05 Å². The molecule has 1 aromatic heterocycles. The average molecular weight is 293 g/mol. The van der Waals surface area contributed by atoms with Gasteiger partial charge < -0.3 is 21.3 Å². The summed E-state index contributed by atoms with van der Waals surface area (Å²) in [7, 11) is 1.98. The molecule has 1 aliphatic rings. The highest BCUT2D eigenvalue weighted by molar-refractivity contribution is 5.43. The molecular formula is C14H27N7. The molecule has 2 heterocycles. The van der Waals surface area contributed by atoms with Crippen molar-refractivity contribution in [2.75, 3.05) is 36.1 Å². The minimum absolute atomic E-state index is 0.117. The van der Waals surface area contributed by atoms with E-state index in [0.717, 1.165) is 19.5 Å². The van der Waals surface area contributed by atoms with Crippen LogP contribution in [-0.2, 0) is 0 Å². The standard InChI is InChI=1S/C14H27N7/c1-9(14(2,3)4)17-12-18-11(15)19-13(20-12)21-7-6-10(8-21)16-5/h9-10,16H,6-8H2,1-5H3,(H3,15,17,18,19,20)/t9-,10+/m0/s1. The van der Waals surface area contributed by atoms with Crippen molar-refractivity contribution >= 4 is 17.8 Å². The van der Waals surface area contributed by atoms with Crippen LogP contribution in [0.15, 0.2) is 0 Å². The Morgan fingerprint density at radius 3 is 2.57 bits per heavy atom. The minimum Gasteiger partial charge on any atom is -0.368 e. The number of rotatable bonds is 4. The zero-order valence-electron chi connectivity index (χ0n) is 13.6. The van der Waals surface area contributed by atoms with Gasteiger partial charge >= 0.3 is 0 Å². The molecule has 1 fully saturated rings. The SMILES string of the molecule is CN[C@@H]1CCN(c2nc(N)nc(N[C@@H](C)C(C)(C)C)n2)C1. The van der Waals surface area contributed by atoms with E-state index < -0.39 is 0 Å². The van der Waals surface area contributed by atoms with Crippen LogP contribution in [0.5, 0.6) is 0 Å². The maximum absolute atomic E-state index is 5.83. The van der Waals surface area contributed by atoms with E-state index in [9.17, 15) is 0 Å². The van der Waals surface area contributed by atoms with Gasteiger partial charge in [0.1, 0.15) is 0 Å². The fourth-order valence-corrected chi connectivity index (χ4v) is 2.17. The van der Waals surface area contributed by atoms with E-state index in [1.54, 1.807) is 0 Å². The molecule has 0 aromatic carbocycles. The van der Waals surface area contributed by atoms with E-state index in [2.05, 4.69) is 58.2 Å². The molecule has 0 spiro atoms. The number of anilines is 3. The Morgan fingerprint density at radius 2 is 2.00 bits per heavy atom. The van der Waals surface area contributed by atoms with Crippen molar-refractivity contribution in [2.24, 2.45) is 5.41 Å². The summed E-state index contributed by atoms with van der Waals surface area (Å²) in [5, 5.41) is 6.61. The van der Waals surface area contributed by atoms with Crippen molar-refractivity contribution in [3.63, 3.8) is 0 Å². The Balaban J connectivity index is 2.14. The second kappa shape index (κ2) is 6.01. The maximum Gasteiger partial charge on any atom is 0.232 e. The maximum atomic E-state index is 5.83. The summed E-state index contributed by atoms with van der Waals surface area (Å²) in [6.07, 6.45) is 1.09. The normalized spacial score (nSPS) is 20.6. The predicted molar refractivity (Wildman–Crippen MR) is 86.5 cm³/mol. The Kier molecular flexibility index (Phi) is 4.51. The number of likely N-dealkylation sites (N-methyl/N-ethyl adjacent to an activating group) is 1. The summed E-state index contributed by atoms with van der Waals surface area (Å²) in [6, 6.07) is 0.712. The first kappa shape index (κ1) is 15.8. The van der Waals surface area contributed by atoms with Gasteiger partial charge in [-0.15, -0.1) is 0 Å². The Morgan fingerprint density at radius 1 is 1.29 bits per heavy atom. The third-order valence-electron chi connectivity index (χ3n) is 4.16. The Bertz CT molecular complexity index is 483. The molecule has 7 heteroatoms. The summed E-state index contributed by atoms with van der Waals surface area (Å²) in [5.74, 6) is 1.47. The lowest BCUT2D eigenvalue weighted by Gasteiger charge is -2.28. The molecule has 2 atom stereocenters. The summed E-state index contributed by atoms with van der Waals surface area (Å²) in [6.45, 7) is 10.5. The van der Waals surface area contributed by atoms with Gasteiger partial charge in [0.2, 0.25) is 17.8 Å². The molecule has 1 aromatic rings. The third kappa shape index (κ3) is 3.93. The van der Waals surface area contributed by atoms with E-state index in [0.29, 0.717) is 17.9 Å². The number of nitrogens with one attached hydrogen (secondary N) is 2. The highest BCUT2D eigenvalue weighted by Crippen LogP contribution is 2.23. The van der Waals surface area contributed by atoms with Gasteiger partial charge in [-0.05, 0) is 25.8 Å². The average Bonchev–Trinajstić information content (AvgIpc) is 2.85. The monoisotopic (exact) mass is 293 g/mol. The highest BCUT2D eigenvalue weighted by Gasteiger charge is 2.25. The van der Waals surface area contributed by atoms with Gasteiger partial charge in [-0.3, -0.25) is 0 Å². The molecule has 1 aliphatic heterocycles. The van der Waals surface area contributed by atoms with Crippen molar-refractivity contribution < 1.29 is 0 Å². The molecule has 0 saturated carbocycles. The second-order valence-electron chi connectivity index (χ2n) is 6.77. The first-order valence-electron chi connectivity index (χ1n) is 7.50. The van der Waals surface area contributed by atoms with Crippen LogP contribution in [0.1, 0.15) is 34.1 Å². The molecule has 21 heavy (non-hydrogen) atoms. The molecule has 7 nitrogen and oxygen atoms in total. The Hall–Kier alpha value is -1.63. The van der Waals surface area contributed by atoms with Crippen LogP contribution < -0.4 is 21.3 Å². The van der Waals surface area contributed by atoms with Gasteiger partial charge in [-0.2, -0.15) is 15.0 Å². The van der Waals surface area contributed by atoms with Crippen molar-refractivity contribution in [3.05, 3.63) is 0 Å². The van der Waals surface area contributed by atoms with Crippen molar-refractivity contribution in [2.45, 2.75) is 46.2 Å². The van der Waals surface area contributed by atoms with Gasteiger partial charge in [0.05, 0.1) is 0 Å². The summed E-state index contributed by atoms with van der Waals surface area (Å²) < 4.78 is 0. The quantitative estimate of drug-likeness (QED) is 0.765. The van der Waals surface area contributed by atoms with Gasteiger partial charge in [-0.1, -0.05) is 20.8 Å². The number of nitrogens with two attached hydrogens (primary N) is 1. The highest BCUT2D eigenvalue weighted by atomic mass is 15.3. The van der Waals surface area contributed by atoms with Crippen LogP contribution in [0.25, 0.3) is 0 Å². The number of hydrogen-bond acceptors (Lipinski definition) is 7. The molecule has 4 N–H and O–H groups in total. The predicted octanol–water partition coefficient (Wildman–Crippen LogP) is 1.10. The molecule has 0 amide bonds. The van der Waals surface area contributed by atoms with Gasteiger partial charge in [0, 0.05) is 25.2 Å². The number of hydrogen-bond donors (Lipinski definition) is 3. The second-order valence-corrected chi connectivity index (χ2v) is 6.77. The first-order chi connectivity index (χ1) is 9.79. The smallest absolute Gasteiger partial charge is 0.232 e. The van der Waals surface area contributed by atoms with Crippen molar-refractivity contribution in [3.8, 4) is 0 Å². The zero-order valence-corrected chi connectivity index (χ0v) is 13.6. The number of nitrogen functional groups attached to an aromatic ring is 1. The molecule has 0 unspecified atom stereocenters. The van der Waals surface area contributed by atoms with Gasteiger partial charge in [0.15, 0.2) is 0 Å². The number of nitrogens with zero attached hydrogens (tertiary/aromatic N) is 4. The molecular weight excluding hydrogens is 266 g/mol. The minimum atomic E-state index is 0.117. The lowest BCUT2D eigenvalue weighted by molar-refractivity contribution is 0.358. The molecule has 0 bridgehead atoms. The van der Waals surface area contributed by atoms with Crippen LogP contribution in [0.4, 0.5) is 17.8 Å². The number of aromatic nitrogens is 3. The summed E-state index contributed by atoms with van der Waals surface area (Å²) in [4.78, 5) is 15.1. The van der Waals surface area contributed by atoms with Crippen LogP contribution in [0, 0.1) is 5.41 Å². The van der Waals surface area contributed by atoms with Crippen LogP contribution in [0.2, 0.25) is 0 Å². The lowest BCUT2D eigenvalue weighted by Crippen LogP contribution is -2.33. The first-order valence-corrected chi connectivity index (χ1v) is 7.50. The fourth-order valence-electron chi connectivity index (χ4n) is 2.17. The zero-order chi connectivity index (χ0) is 15.6. The molecule has 2 rings (SSSR count). The van der Waals surface area contributed by atoms with Crippen molar-refractivity contribution in [1.82, 2.24) is 20.3 Å². The lowest BCUT2D eigenvalue weighted by atomic mass is 9.88. The van der Waals surface area contributed by atoms with E-state index >= 15 is 0 Å².